The van der Waals surface area contributed by atoms with Gasteiger partial charge in [0, 0.05) is 31.9 Å². The molecule has 112 valence electrons. The van der Waals surface area contributed by atoms with E-state index < -0.39 is 0 Å². The molecule has 0 saturated carbocycles. The fraction of sp³-hybridized carbons (Fsp3) is 0.533. The molecule has 0 aromatic heterocycles. The van der Waals surface area contributed by atoms with Gasteiger partial charge in [-0.15, -0.1) is 0 Å². The average Bonchev–Trinajstić information content (AvgIpc) is 2.45. The Hall–Kier alpha value is -1.75. The Bertz CT molecular complexity index is 408. The van der Waals surface area contributed by atoms with Crippen molar-refractivity contribution >= 4 is 11.6 Å². The van der Waals surface area contributed by atoms with Crippen LogP contribution in [-0.2, 0) is 4.74 Å². The number of hydrogen-bond acceptors (Lipinski definition) is 3. The molecule has 2 unspecified atom stereocenters. The van der Waals surface area contributed by atoms with Gasteiger partial charge in [0.15, 0.2) is 5.96 Å². The molecule has 0 aliphatic rings. The number of nitrogens with one attached hydrogen (secondary N) is 1. The van der Waals surface area contributed by atoms with Crippen molar-refractivity contribution in [1.82, 2.24) is 5.32 Å². The molecule has 2 atom stereocenters. The van der Waals surface area contributed by atoms with Gasteiger partial charge in [-0.1, -0.05) is 18.2 Å². The summed E-state index contributed by atoms with van der Waals surface area (Å²) in [6.07, 6.45) is 0. The normalized spacial score (nSPS) is 14.7. The van der Waals surface area contributed by atoms with Crippen LogP contribution in [0.25, 0.3) is 0 Å². The number of hydrogen-bond donors (Lipinski definition) is 2. The second-order valence-electron chi connectivity index (χ2n) is 5.02. The average molecular weight is 278 g/mol. The third kappa shape index (κ3) is 5.48. The number of benzene rings is 1. The smallest absolute Gasteiger partial charge is 0.188 e. The number of aliphatic imine (C=N–C) groups is 1. The SMILES string of the molecule is COCC(C)NC(N)=NCC(C)N(C)c1ccccc1. The fourth-order valence-electron chi connectivity index (χ4n) is 1.86. The summed E-state index contributed by atoms with van der Waals surface area (Å²) in [5.41, 5.74) is 7.03. The maximum atomic E-state index is 5.86. The van der Waals surface area contributed by atoms with Gasteiger partial charge in [0.2, 0.25) is 0 Å². The van der Waals surface area contributed by atoms with Crippen molar-refractivity contribution in [1.29, 1.82) is 0 Å². The molecule has 3 N–H and O–H groups in total. The lowest BCUT2D eigenvalue weighted by atomic mass is 10.2. The van der Waals surface area contributed by atoms with E-state index >= 15 is 0 Å². The number of methoxy groups -OCH3 is 1. The van der Waals surface area contributed by atoms with Gasteiger partial charge in [0.05, 0.1) is 13.2 Å². The molecule has 0 spiro atoms. The maximum absolute atomic E-state index is 5.86. The Morgan fingerprint density at radius 1 is 1.35 bits per heavy atom. The Balaban J connectivity index is 2.47. The highest BCUT2D eigenvalue weighted by molar-refractivity contribution is 5.78. The van der Waals surface area contributed by atoms with Crippen molar-refractivity contribution in [3.8, 4) is 0 Å². The lowest BCUT2D eigenvalue weighted by molar-refractivity contribution is 0.179. The van der Waals surface area contributed by atoms with E-state index in [0.29, 0.717) is 19.1 Å². The minimum Gasteiger partial charge on any atom is -0.383 e. The maximum Gasteiger partial charge on any atom is 0.188 e. The molecule has 20 heavy (non-hydrogen) atoms. The van der Waals surface area contributed by atoms with Crippen LogP contribution >= 0.6 is 0 Å². The summed E-state index contributed by atoms with van der Waals surface area (Å²) in [5, 5.41) is 3.10. The van der Waals surface area contributed by atoms with Crippen molar-refractivity contribution in [3.05, 3.63) is 30.3 Å². The molecule has 0 fully saturated rings. The summed E-state index contributed by atoms with van der Waals surface area (Å²) in [7, 11) is 3.73. The highest BCUT2D eigenvalue weighted by atomic mass is 16.5. The van der Waals surface area contributed by atoms with E-state index in [1.807, 2.05) is 25.1 Å². The second-order valence-corrected chi connectivity index (χ2v) is 5.02. The van der Waals surface area contributed by atoms with Crippen LogP contribution in [0.15, 0.2) is 35.3 Å². The molecule has 5 nitrogen and oxygen atoms in total. The van der Waals surface area contributed by atoms with Gasteiger partial charge in [-0.05, 0) is 26.0 Å². The molecular weight excluding hydrogens is 252 g/mol. The van der Waals surface area contributed by atoms with Gasteiger partial charge < -0.3 is 20.7 Å². The van der Waals surface area contributed by atoms with Crippen LogP contribution in [-0.4, -0.2) is 45.4 Å². The first kappa shape index (κ1) is 16.3. The van der Waals surface area contributed by atoms with Gasteiger partial charge in [-0.2, -0.15) is 0 Å². The van der Waals surface area contributed by atoms with Crippen LogP contribution in [0.1, 0.15) is 13.8 Å². The van der Waals surface area contributed by atoms with Gasteiger partial charge in [-0.3, -0.25) is 4.99 Å². The molecule has 0 heterocycles. The van der Waals surface area contributed by atoms with Crippen molar-refractivity contribution in [2.75, 3.05) is 32.2 Å². The van der Waals surface area contributed by atoms with Gasteiger partial charge in [-0.25, -0.2) is 0 Å². The number of nitrogens with two attached hydrogens (primary N) is 1. The number of guanidine groups is 1. The number of rotatable bonds is 7. The van der Waals surface area contributed by atoms with Crippen molar-refractivity contribution in [2.24, 2.45) is 10.7 Å². The Labute approximate surface area is 121 Å². The minimum atomic E-state index is 0.158. The van der Waals surface area contributed by atoms with Crippen LogP contribution < -0.4 is 16.0 Å². The molecule has 0 aliphatic heterocycles. The first-order valence-electron chi connectivity index (χ1n) is 6.88. The van der Waals surface area contributed by atoms with Crippen molar-refractivity contribution in [2.45, 2.75) is 25.9 Å². The van der Waals surface area contributed by atoms with Crippen molar-refractivity contribution < 1.29 is 4.74 Å². The van der Waals surface area contributed by atoms with Gasteiger partial charge in [0.1, 0.15) is 0 Å². The third-order valence-electron chi connectivity index (χ3n) is 3.16. The number of para-hydroxylation sites is 1. The van der Waals surface area contributed by atoms with Crippen LogP contribution in [0.3, 0.4) is 0 Å². The van der Waals surface area contributed by atoms with Gasteiger partial charge in [0.25, 0.3) is 0 Å². The molecule has 0 aliphatic carbocycles. The van der Waals surface area contributed by atoms with Crippen LogP contribution in [0.4, 0.5) is 5.69 Å². The molecule has 1 aromatic carbocycles. The number of nitrogens with zero attached hydrogens (tertiary/aromatic N) is 2. The predicted octanol–water partition coefficient (Wildman–Crippen LogP) is 1.45. The Morgan fingerprint density at radius 2 is 2.00 bits per heavy atom. The lowest BCUT2D eigenvalue weighted by Crippen LogP contribution is -2.41. The van der Waals surface area contributed by atoms with E-state index in [0.717, 1.165) is 0 Å². The monoisotopic (exact) mass is 278 g/mol. The summed E-state index contributed by atoms with van der Waals surface area (Å²) in [4.78, 5) is 6.57. The second kappa shape index (κ2) is 8.43. The summed E-state index contributed by atoms with van der Waals surface area (Å²) < 4.78 is 5.04. The molecule has 0 amide bonds. The Kier molecular flexibility index (Phi) is 6.87. The van der Waals surface area contributed by atoms with Crippen LogP contribution in [0.2, 0.25) is 0 Å². The standard InChI is InChI=1S/C15H26N4O/c1-12(11-20-4)18-15(16)17-10-13(2)19(3)14-8-6-5-7-9-14/h5-9,12-13H,10-11H2,1-4H3,(H3,16,17,18). The minimum absolute atomic E-state index is 0.158. The van der Waals surface area contributed by atoms with Crippen molar-refractivity contribution in [3.63, 3.8) is 0 Å². The van der Waals surface area contributed by atoms with Gasteiger partial charge >= 0.3 is 0 Å². The van der Waals surface area contributed by atoms with E-state index in [-0.39, 0.29) is 12.1 Å². The van der Waals surface area contributed by atoms with E-state index in [2.05, 4.69) is 41.3 Å². The van der Waals surface area contributed by atoms with E-state index in [1.54, 1.807) is 7.11 Å². The number of anilines is 1. The van der Waals surface area contributed by atoms with E-state index in [9.17, 15) is 0 Å². The molecule has 0 radical (unpaired) electrons. The molecule has 0 bridgehead atoms. The lowest BCUT2D eigenvalue weighted by Gasteiger charge is -2.26. The topological polar surface area (TPSA) is 62.9 Å². The number of likely N-dealkylation sites (N-methyl/N-ethyl adjacent to an activating group) is 1. The summed E-state index contributed by atoms with van der Waals surface area (Å²) in [6, 6.07) is 10.7. The quantitative estimate of drug-likeness (QED) is 0.585. The molecule has 1 aromatic rings. The summed E-state index contributed by atoms with van der Waals surface area (Å²) >= 11 is 0. The van der Waals surface area contributed by atoms with E-state index in [1.165, 1.54) is 5.69 Å². The third-order valence-corrected chi connectivity index (χ3v) is 3.16. The first-order valence-corrected chi connectivity index (χ1v) is 6.88. The largest absolute Gasteiger partial charge is 0.383 e. The molecular formula is C15H26N4O. The Morgan fingerprint density at radius 3 is 2.60 bits per heavy atom. The predicted molar refractivity (Wildman–Crippen MR) is 85.3 cm³/mol. The molecule has 5 heteroatoms. The van der Waals surface area contributed by atoms with E-state index in [4.69, 9.17) is 10.5 Å². The zero-order valence-corrected chi connectivity index (χ0v) is 12.8. The fourth-order valence-corrected chi connectivity index (χ4v) is 1.86. The first-order chi connectivity index (χ1) is 9.54. The van der Waals surface area contributed by atoms with Crippen LogP contribution in [0, 0.1) is 0 Å². The number of ether oxygens (including phenoxy) is 1. The summed E-state index contributed by atoms with van der Waals surface area (Å²) in [6.45, 7) is 5.38. The summed E-state index contributed by atoms with van der Waals surface area (Å²) in [5.74, 6) is 0.461. The highest BCUT2D eigenvalue weighted by Crippen LogP contribution is 2.13. The zero-order chi connectivity index (χ0) is 15.0. The highest BCUT2D eigenvalue weighted by Gasteiger charge is 2.09. The molecule has 1 rings (SSSR count). The molecule has 0 saturated heterocycles. The zero-order valence-electron chi connectivity index (χ0n) is 12.8. The van der Waals surface area contributed by atoms with Crippen LogP contribution in [0.5, 0.6) is 0 Å².